The van der Waals surface area contributed by atoms with Gasteiger partial charge in [-0.2, -0.15) is 4.73 Å². The number of hydrogen-bond donors (Lipinski definition) is 1. The molecule has 6 nitrogen and oxygen atoms in total. The first kappa shape index (κ1) is 19.0. The summed E-state index contributed by atoms with van der Waals surface area (Å²) >= 11 is 0. The number of aromatic nitrogens is 1. The zero-order valence-electron chi connectivity index (χ0n) is 15.0. The van der Waals surface area contributed by atoms with Gasteiger partial charge in [0, 0.05) is 17.4 Å². The molecule has 3 aromatic rings. The van der Waals surface area contributed by atoms with Crippen LogP contribution in [0.3, 0.4) is 0 Å². The molecule has 1 heterocycles. The van der Waals surface area contributed by atoms with Crippen molar-refractivity contribution >= 4 is 17.4 Å². The van der Waals surface area contributed by atoms with Crippen LogP contribution in [-0.4, -0.2) is 16.4 Å². The summed E-state index contributed by atoms with van der Waals surface area (Å²) in [4.78, 5) is 41.9. The van der Waals surface area contributed by atoms with Gasteiger partial charge in [0.25, 0.3) is 11.5 Å². The Bertz CT molecular complexity index is 1070. The molecule has 0 fully saturated rings. The summed E-state index contributed by atoms with van der Waals surface area (Å²) in [5.74, 6) is -1.12. The Balaban J connectivity index is 1.75. The van der Waals surface area contributed by atoms with E-state index in [2.05, 4.69) is 5.32 Å². The zero-order chi connectivity index (χ0) is 20.1. The van der Waals surface area contributed by atoms with Crippen molar-refractivity contribution in [2.75, 3.05) is 5.32 Å². The standard InChI is InChI=1S/C21H17FN2O4/c1-14(25)16-4-2-5-18(12-16)23-20(26)19-6-3-11-24(21(19)27)28-13-15-7-9-17(22)10-8-15/h2-12H,13H2,1H3,(H,23,26). The maximum Gasteiger partial charge on any atom is 0.295 e. The van der Waals surface area contributed by atoms with Crippen LogP contribution < -0.4 is 15.7 Å². The summed E-state index contributed by atoms with van der Waals surface area (Å²) in [5, 5.41) is 2.60. The van der Waals surface area contributed by atoms with Crippen LogP contribution in [-0.2, 0) is 6.61 Å². The van der Waals surface area contributed by atoms with Crippen molar-refractivity contribution in [2.24, 2.45) is 0 Å². The number of carbonyl (C=O) groups excluding carboxylic acids is 2. The Morgan fingerprint density at radius 1 is 1.07 bits per heavy atom. The molecule has 0 saturated carbocycles. The van der Waals surface area contributed by atoms with Crippen molar-refractivity contribution in [1.82, 2.24) is 4.73 Å². The average molecular weight is 380 g/mol. The van der Waals surface area contributed by atoms with E-state index in [1.54, 1.807) is 30.3 Å². The lowest BCUT2D eigenvalue weighted by Crippen LogP contribution is -2.32. The van der Waals surface area contributed by atoms with Crippen molar-refractivity contribution in [3.63, 3.8) is 0 Å². The molecule has 0 saturated heterocycles. The molecule has 0 aliphatic carbocycles. The Morgan fingerprint density at radius 3 is 2.54 bits per heavy atom. The first-order chi connectivity index (χ1) is 13.4. The SMILES string of the molecule is CC(=O)c1cccc(NC(=O)c2cccn(OCc3ccc(F)cc3)c2=O)c1. The lowest BCUT2D eigenvalue weighted by molar-refractivity contribution is 0.0863. The van der Waals surface area contributed by atoms with Crippen LogP contribution in [0.2, 0.25) is 0 Å². The number of carbonyl (C=O) groups is 2. The molecule has 2 aromatic carbocycles. The molecule has 28 heavy (non-hydrogen) atoms. The highest BCUT2D eigenvalue weighted by Gasteiger charge is 2.14. The number of anilines is 1. The highest BCUT2D eigenvalue weighted by Crippen LogP contribution is 2.12. The fourth-order valence-corrected chi connectivity index (χ4v) is 2.49. The molecule has 3 rings (SSSR count). The van der Waals surface area contributed by atoms with E-state index in [-0.39, 0.29) is 23.8 Å². The summed E-state index contributed by atoms with van der Waals surface area (Å²) < 4.78 is 13.9. The number of nitrogens with one attached hydrogen (secondary N) is 1. The van der Waals surface area contributed by atoms with Gasteiger partial charge in [-0.05, 0) is 48.9 Å². The van der Waals surface area contributed by atoms with Gasteiger partial charge in [-0.15, -0.1) is 0 Å². The topological polar surface area (TPSA) is 77.4 Å². The number of pyridine rings is 1. The summed E-state index contributed by atoms with van der Waals surface area (Å²) in [6, 6.07) is 15.0. The second-order valence-electron chi connectivity index (χ2n) is 6.04. The number of hydrogen-bond acceptors (Lipinski definition) is 4. The number of rotatable bonds is 6. The molecule has 0 aliphatic rings. The Morgan fingerprint density at radius 2 is 1.82 bits per heavy atom. The van der Waals surface area contributed by atoms with Crippen molar-refractivity contribution in [3.05, 3.63) is 99.7 Å². The number of ketones is 1. The van der Waals surface area contributed by atoms with Gasteiger partial charge in [0.15, 0.2) is 5.78 Å². The second kappa shape index (κ2) is 8.30. The van der Waals surface area contributed by atoms with Crippen molar-refractivity contribution in [2.45, 2.75) is 13.5 Å². The van der Waals surface area contributed by atoms with Gasteiger partial charge < -0.3 is 10.2 Å². The van der Waals surface area contributed by atoms with E-state index in [0.717, 1.165) is 4.73 Å². The highest BCUT2D eigenvalue weighted by molar-refractivity contribution is 6.04. The first-order valence-corrected chi connectivity index (χ1v) is 8.46. The van der Waals surface area contributed by atoms with E-state index in [1.807, 2.05) is 0 Å². The van der Waals surface area contributed by atoms with Crippen LogP contribution >= 0.6 is 0 Å². The quantitative estimate of drug-likeness (QED) is 0.667. The first-order valence-electron chi connectivity index (χ1n) is 8.46. The number of Topliss-reactive ketones (excluding diaryl/α,β-unsaturated/α-hetero) is 1. The van der Waals surface area contributed by atoms with E-state index in [9.17, 15) is 18.8 Å². The second-order valence-corrected chi connectivity index (χ2v) is 6.04. The third-order valence-corrected chi connectivity index (χ3v) is 3.97. The Kier molecular flexibility index (Phi) is 5.64. The van der Waals surface area contributed by atoms with E-state index in [4.69, 9.17) is 4.84 Å². The molecule has 0 bridgehead atoms. The molecular formula is C21H17FN2O4. The number of amides is 1. The lowest BCUT2D eigenvalue weighted by Gasteiger charge is -2.10. The normalized spacial score (nSPS) is 10.4. The molecular weight excluding hydrogens is 363 g/mol. The third-order valence-electron chi connectivity index (χ3n) is 3.97. The molecule has 0 aliphatic heterocycles. The molecule has 0 radical (unpaired) electrons. The van der Waals surface area contributed by atoms with Gasteiger partial charge in [0.2, 0.25) is 0 Å². The Labute approximate surface area is 160 Å². The van der Waals surface area contributed by atoms with Gasteiger partial charge in [-0.1, -0.05) is 24.3 Å². The summed E-state index contributed by atoms with van der Waals surface area (Å²) in [7, 11) is 0. The number of halogens is 1. The largest absolute Gasteiger partial charge is 0.406 e. The van der Waals surface area contributed by atoms with Crippen LogP contribution in [0.1, 0.15) is 33.2 Å². The summed E-state index contributed by atoms with van der Waals surface area (Å²) in [6.45, 7) is 1.46. The Hall–Kier alpha value is -3.74. The third kappa shape index (κ3) is 4.50. The average Bonchev–Trinajstić information content (AvgIpc) is 2.68. The molecule has 1 N–H and O–H groups in total. The van der Waals surface area contributed by atoms with Crippen molar-refractivity contribution in [3.8, 4) is 0 Å². The maximum atomic E-state index is 12.9. The minimum Gasteiger partial charge on any atom is -0.406 e. The van der Waals surface area contributed by atoms with Crippen LogP contribution in [0.5, 0.6) is 0 Å². The van der Waals surface area contributed by atoms with Crippen LogP contribution in [0, 0.1) is 5.82 Å². The molecule has 0 unspecified atom stereocenters. The predicted molar refractivity (Wildman–Crippen MR) is 102 cm³/mol. The summed E-state index contributed by atoms with van der Waals surface area (Å²) in [6.07, 6.45) is 1.39. The molecule has 0 atom stereocenters. The van der Waals surface area contributed by atoms with E-state index in [0.29, 0.717) is 16.8 Å². The molecule has 7 heteroatoms. The van der Waals surface area contributed by atoms with Crippen LogP contribution in [0.15, 0.2) is 71.7 Å². The van der Waals surface area contributed by atoms with Gasteiger partial charge in [-0.25, -0.2) is 4.39 Å². The van der Waals surface area contributed by atoms with Crippen LogP contribution in [0.25, 0.3) is 0 Å². The molecule has 1 aromatic heterocycles. The minimum absolute atomic E-state index is 0.0336. The fraction of sp³-hybridized carbons (Fsp3) is 0.0952. The predicted octanol–water partition coefficient (Wildman–Crippen LogP) is 3.07. The van der Waals surface area contributed by atoms with E-state index in [1.165, 1.54) is 43.5 Å². The van der Waals surface area contributed by atoms with Crippen molar-refractivity contribution < 1.29 is 18.8 Å². The van der Waals surface area contributed by atoms with Gasteiger partial charge >= 0.3 is 0 Å². The molecule has 142 valence electrons. The monoisotopic (exact) mass is 380 g/mol. The van der Waals surface area contributed by atoms with E-state index >= 15 is 0 Å². The summed E-state index contributed by atoms with van der Waals surface area (Å²) in [5.41, 5.74) is 0.773. The fourth-order valence-electron chi connectivity index (χ4n) is 2.49. The smallest absolute Gasteiger partial charge is 0.295 e. The van der Waals surface area contributed by atoms with Crippen LogP contribution in [0.4, 0.5) is 10.1 Å². The zero-order valence-corrected chi connectivity index (χ0v) is 15.0. The number of benzene rings is 2. The highest BCUT2D eigenvalue weighted by atomic mass is 19.1. The maximum absolute atomic E-state index is 12.9. The minimum atomic E-state index is -0.634. The number of nitrogens with zero attached hydrogens (tertiary/aromatic N) is 1. The lowest BCUT2D eigenvalue weighted by atomic mass is 10.1. The van der Waals surface area contributed by atoms with E-state index < -0.39 is 11.5 Å². The molecule has 0 spiro atoms. The van der Waals surface area contributed by atoms with Crippen molar-refractivity contribution in [1.29, 1.82) is 0 Å². The van der Waals surface area contributed by atoms with Gasteiger partial charge in [0.05, 0.1) is 0 Å². The van der Waals surface area contributed by atoms with Gasteiger partial charge in [0.1, 0.15) is 18.0 Å². The molecule has 1 amide bonds. The van der Waals surface area contributed by atoms with Gasteiger partial charge in [-0.3, -0.25) is 14.4 Å².